The maximum Gasteiger partial charge on any atom is 0.245 e. The molecule has 0 amide bonds. The molecule has 0 unspecified atom stereocenters. The molecule has 1 aromatic carbocycles. The van der Waals surface area contributed by atoms with Gasteiger partial charge in [0.15, 0.2) is 0 Å². The first-order valence-electron chi connectivity index (χ1n) is 9.50. The fourth-order valence-corrected chi connectivity index (χ4v) is 4.71. The van der Waals surface area contributed by atoms with Crippen molar-refractivity contribution in [2.45, 2.75) is 45.3 Å². The lowest BCUT2D eigenvalue weighted by Crippen LogP contribution is -2.30. The van der Waals surface area contributed by atoms with Crippen molar-refractivity contribution >= 4 is 45.3 Å². The van der Waals surface area contributed by atoms with Crippen molar-refractivity contribution < 1.29 is 9.47 Å². The molecule has 1 aliphatic heterocycles. The van der Waals surface area contributed by atoms with E-state index in [4.69, 9.17) is 9.47 Å². The van der Waals surface area contributed by atoms with E-state index in [1.54, 1.807) is 17.6 Å². The quantitative estimate of drug-likeness (QED) is 0.481. The van der Waals surface area contributed by atoms with Crippen molar-refractivity contribution in [2.75, 3.05) is 0 Å². The molecule has 0 fully saturated rings. The first-order valence-corrected chi connectivity index (χ1v) is 10.3. The second-order valence-electron chi connectivity index (χ2n) is 7.33. The van der Waals surface area contributed by atoms with Crippen LogP contribution in [0.5, 0.6) is 0 Å². The first-order chi connectivity index (χ1) is 13.6. The minimum Gasteiger partial charge on any atom is -0.453 e. The molecule has 2 aromatic rings. The summed E-state index contributed by atoms with van der Waals surface area (Å²) >= 11 is 1.64. The molecule has 2 aliphatic rings. The van der Waals surface area contributed by atoms with E-state index in [0.29, 0.717) is 5.76 Å². The summed E-state index contributed by atoms with van der Waals surface area (Å²) in [5.41, 5.74) is 2.94. The summed E-state index contributed by atoms with van der Waals surface area (Å²) in [7, 11) is 0. The van der Waals surface area contributed by atoms with E-state index in [1.165, 1.54) is 16.9 Å². The Hall–Kier alpha value is -2.36. The van der Waals surface area contributed by atoms with Gasteiger partial charge in [0.2, 0.25) is 5.79 Å². The van der Waals surface area contributed by atoms with Crippen molar-refractivity contribution in [2.24, 2.45) is 4.99 Å². The SMILES string of the molecule is Br.CC1(C)OC(=CC=Nc2sc3c(c2C#N)CCCC3)C=C(c2ccccc2)O1. The molecule has 0 saturated heterocycles. The number of nitrogens with zero attached hydrogens (tertiary/aromatic N) is 2. The Balaban J connectivity index is 0.00000240. The number of benzene rings is 1. The molecule has 0 radical (unpaired) electrons. The van der Waals surface area contributed by atoms with Gasteiger partial charge in [-0.3, -0.25) is 0 Å². The largest absolute Gasteiger partial charge is 0.453 e. The number of fused-ring (bicyclic) bond motifs is 1. The highest BCUT2D eigenvalue weighted by Gasteiger charge is 2.28. The number of hydrogen-bond acceptors (Lipinski definition) is 5. The predicted octanol–water partition coefficient (Wildman–Crippen LogP) is 6.49. The molecule has 2 heterocycles. The number of halogens is 1. The summed E-state index contributed by atoms with van der Waals surface area (Å²) in [4.78, 5) is 5.88. The molecule has 0 saturated carbocycles. The van der Waals surface area contributed by atoms with Gasteiger partial charge < -0.3 is 9.47 Å². The third kappa shape index (κ3) is 4.80. The fraction of sp³-hybridized carbons (Fsp3) is 0.304. The Bertz CT molecular complexity index is 1010. The lowest BCUT2D eigenvalue weighted by Gasteiger charge is -2.33. The number of nitriles is 1. The highest BCUT2D eigenvalue weighted by Crippen LogP contribution is 2.39. The number of ether oxygens (including phenoxy) is 2. The minimum absolute atomic E-state index is 0. The highest BCUT2D eigenvalue weighted by atomic mass is 79.9. The smallest absolute Gasteiger partial charge is 0.245 e. The molecule has 0 atom stereocenters. The summed E-state index contributed by atoms with van der Waals surface area (Å²) < 4.78 is 11.9. The van der Waals surface area contributed by atoms with E-state index >= 15 is 0 Å². The summed E-state index contributed by atoms with van der Waals surface area (Å²) in [6, 6.07) is 12.3. The van der Waals surface area contributed by atoms with Crippen LogP contribution in [0.4, 0.5) is 5.00 Å². The monoisotopic (exact) mass is 470 g/mol. The average molecular weight is 471 g/mol. The maximum absolute atomic E-state index is 9.56. The van der Waals surface area contributed by atoms with Crippen molar-refractivity contribution in [3.8, 4) is 6.07 Å². The van der Waals surface area contributed by atoms with Crippen molar-refractivity contribution in [1.82, 2.24) is 0 Å². The fourth-order valence-electron chi connectivity index (χ4n) is 3.52. The summed E-state index contributed by atoms with van der Waals surface area (Å²) in [6.45, 7) is 3.77. The van der Waals surface area contributed by atoms with E-state index in [0.717, 1.165) is 41.1 Å². The zero-order valence-corrected chi connectivity index (χ0v) is 19.0. The van der Waals surface area contributed by atoms with Crippen LogP contribution >= 0.6 is 28.3 Å². The van der Waals surface area contributed by atoms with Crippen LogP contribution in [-0.4, -0.2) is 12.0 Å². The molecule has 150 valence electrons. The predicted molar refractivity (Wildman–Crippen MR) is 123 cm³/mol. The molecular weight excluding hydrogens is 448 g/mol. The van der Waals surface area contributed by atoms with Gasteiger partial charge in [0.25, 0.3) is 0 Å². The number of aryl methyl sites for hydroxylation is 1. The van der Waals surface area contributed by atoms with Gasteiger partial charge in [0, 0.05) is 36.6 Å². The Kier molecular flexibility index (Phi) is 6.61. The number of thiophene rings is 1. The lowest BCUT2D eigenvalue weighted by atomic mass is 9.96. The van der Waals surface area contributed by atoms with Gasteiger partial charge in [0.1, 0.15) is 22.6 Å². The number of hydrogen-bond donors (Lipinski definition) is 0. The highest BCUT2D eigenvalue weighted by molar-refractivity contribution is 8.93. The van der Waals surface area contributed by atoms with Crippen molar-refractivity contribution in [3.05, 3.63) is 69.8 Å². The van der Waals surface area contributed by atoms with Crippen LogP contribution in [0, 0.1) is 11.3 Å². The van der Waals surface area contributed by atoms with Crippen molar-refractivity contribution in [1.29, 1.82) is 5.26 Å². The zero-order valence-electron chi connectivity index (χ0n) is 16.5. The van der Waals surface area contributed by atoms with Crippen LogP contribution in [0.1, 0.15) is 48.3 Å². The van der Waals surface area contributed by atoms with Gasteiger partial charge in [-0.2, -0.15) is 5.26 Å². The molecule has 0 N–H and O–H groups in total. The van der Waals surface area contributed by atoms with Crippen LogP contribution in [0.3, 0.4) is 0 Å². The van der Waals surface area contributed by atoms with E-state index in [-0.39, 0.29) is 17.0 Å². The third-order valence-electron chi connectivity index (χ3n) is 4.75. The van der Waals surface area contributed by atoms with E-state index in [2.05, 4.69) is 11.1 Å². The Morgan fingerprint density at radius 2 is 1.90 bits per heavy atom. The van der Waals surface area contributed by atoms with Gasteiger partial charge in [-0.1, -0.05) is 30.3 Å². The number of rotatable bonds is 3. The van der Waals surface area contributed by atoms with Gasteiger partial charge >= 0.3 is 0 Å². The number of allylic oxidation sites excluding steroid dienone is 2. The zero-order chi connectivity index (χ0) is 19.6. The second-order valence-corrected chi connectivity index (χ2v) is 8.41. The van der Waals surface area contributed by atoms with Crippen molar-refractivity contribution in [3.63, 3.8) is 0 Å². The van der Waals surface area contributed by atoms with Crippen LogP contribution in [0.15, 0.2) is 53.2 Å². The molecule has 4 rings (SSSR count). The normalized spacial score (nSPS) is 18.8. The van der Waals surface area contributed by atoms with Gasteiger partial charge in [-0.25, -0.2) is 4.99 Å². The molecule has 4 nitrogen and oxygen atoms in total. The van der Waals surface area contributed by atoms with E-state index < -0.39 is 5.79 Å². The van der Waals surface area contributed by atoms with Gasteiger partial charge in [-0.15, -0.1) is 28.3 Å². The van der Waals surface area contributed by atoms with E-state index in [1.807, 2.05) is 56.3 Å². The van der Waals surface area contributed by atoms with Gasteiger partial charge in [-0.05, 0) is 37.3 Å². The molecule has 0 spiro atoms. The molecule has 29 heavy (non-hydrogen) atoms. The van der Waals surface area contributed by atoms with Crippen LogP contribution in [0.25, 0.3) is 5.76 Å². The van der Waals surface area contributed by atoms with Crippen LogP contribution in [-0.2, 0) is 22.3 Å². The molecular formula is C23H23BrN2O2S. The second kappa shape index (κ2) is 8.98. The Morgan fingerprint density at radius 1 is 1.14 bits per heavy atom. The Morgan fingerprint density at radius 3 is 2.66 bits per heavy atom. The molecule has 0 bridgehead atoms. The van der Waals surface area contributed by atoms with Crippen LogP contribution in [0.2, 0.25) is 0 Å². The number of aliphatic imine (C=N–C) groups is 1. The topological polar surface area (TPSA) is 54.6 Å². The maximum atomic E-state index is 9.56. The Labute approximate surface area is 186 Å². The lowest BCUT2D eigenvalue weighted by molar-refractivity contribution is -0.149. The standard InChI is InChI=1S/C23H22N2O2S.BrH/c1-23(2)26-17(14-20(27-23)16-8-4-3-5-9-16)12-13-25-22-19(15-24)18-10-6-7-11-21(18)28-22;/h3-5,8-9,12-14H,6-7,10-11H2,1-2H3;1H. The minimum atomic E-state index is -0.764. The summed E-state index contributed by atoms with van der Waals surface area (Å²) in [5, 5.41) is 10.4. The van der Waals surface area contributed by atoms with E-state index in [9.17, 15) is 5.26 Å². The molecule has 1 aromatic heterocycles. The average Bonchev–Trinajstić information content (AvgIpc) is 3.05. The van der Waals surface area contributed by atoms with Crippen LogP contribution < -0.4 is 0 Å². The third-order valence-corrected chi connectivity index (χ3v) is 5.95. The first kappa shape index (κ1) is 21.4. The molecule has 1 aliphatic carbocycles. The van der Waals surface area contributed by atoms with Gasteiger partial charge in [0.05, 0.1) is 5.56 Å². The summed E-state index contributed by atoms with van der Waals surface area (Å²) in [5.74, 6) is 0.680. The summed E-state index contributed by atoms with van der Waals surface area (Å²) in [6.07, 6.45) is 9.81. The molecule has 6 heteroatoms.